The fourth-order valence-corrected chi connectivity index (χ4v) is 1.96. The SMILES string of the molecule is CCCCCC(=O)NNC(=O)c1ccc(Cl)cc1Cl. The van der Waals surface area contributed by atoms with Crippen molar-refractivity contribution in [1.29, 1.82) is 0 Å². The number of nitrogens with one attached hydrogen (secondary N) is 2. The molecule has 4 nitrogen and oxygen atoms in total. The van der Waals surface area contributed by atoms with Gasteiger partial charge in [0.15, 0.2) is 0 Å². The predicted octanol–water partition coefficient (Wildman–Crippen LogP) is 3.33. The van der Waals surface area contributed by atoms with Crippen LogP contribution in [0, 0.1) is 0 Å². The number of halogens is 2. The van der Waals surface area contributed by atoms with Crippen LogP contribution in [-0.4, -0.2) is 11.8 Å². The standard InChI is InChI=1S/C13H16Cl2N2O2/c1-2-3-4-5-12(18)16-17-13(19)10-7-6-9(14)8-11(10)15/h6-8H,2-5H2,1H3,(H,16,18)(H,17,19). The summed E-state index contributed by atoms with van der Waals surface area (Å²) in [5.74, 6) is -0.683. The van der Waals surface area contributed by atoms with Gasteiger partial charge in [-0.15, -0.1) is 0 Å². The van der Waals surface area contributed by atoms with Crippen molar-refractivity contribution in [2.24, 2.45) is 0 Å². The highest BCUT2D eigenvalue weighted by Gasteiger charge is 2.11. The van der Waals surface area contributed by atoms with Gasteiger partial charge in [0.25, 0.3) is 5.91 Å². The zero-order chi connectivity index (χ0) is 14.3. The Hall–Kier alpha value is -1.26. The van der Waals surface area contributed by atoms with Gasteiger partial charge in [-0.2, -0.15) is 0 Å². The monoisotopic (exact) mass is 302 g/mol. The number of hydrogen-bond donors (Lipinski definition) is 2. The largest absolute Gasteiger partial charge is 0.273 e. The molecule has 0 saturated heterocycles. The van der Waals surface area contributed by atoms with Crippen LogP contribution in [-0.2, 0) is 4.79 Å². The van der Waals surface area contributed by atoms with E-state index in [0.29, 0.717) is 11.4 Å². The summed E-state index contributed by atoms with van der Waals surface area (Å²) in [6.45, 7) is 2.06. The number of hydrogen-bond acceptors (Lipinski definition) is 2. The van der Waals surface area contributed by atoms with E-state index >= 15 is 0 Å². The molecule has 0 aliphatic carbocycles. The fraction of sp³-hybridized carbons (Fsp3) is 0.385. The number of hydrazine groups is 1. The van der Waals surface area contributed by atoms with Crippen molar-refractivity contribution in [2.75, 3.05) is 0 Å². The third-order valence-corrected chi connectivity index (χ3v) is 3.05. The van der Waals surface area contributed by atoms with E-state index in [9.17, 15) is 9.59 Å². The third kappa shape index (κ3) is 5.49. The van der Waals surface area contributed by atoms with Crippen molar-refractivity contribution in [3.63, 3.8) is 0 Å². The Bertz CT molecular complexity index is 464. The number of unbranched alkanes of at least 4 members (excludes halogenated alkanes) is 2. The Balaban J connectivity index is 2.45. The minimum atomic E-state index is -0.467. The van der Waals surface area contributed by atoms with E-state index in [1.54, 1.807) is 6.07 Å². The highest BCUT2D eigenvalue weighted by molar-refractivity contribution is 6.36. The quantitative estimate of drug-likeness (QED) is 0.647. The van der Waals surface area contributed by atoms with E-state index < -0.39 is 5.91 Å². The average molecular weight is 303 g/mol. The van der Waals surface area contributed by atoms with Gasteiger partial charge < -0.3 is 0 Å². The van der Waals surface area contributed by atoms with Crippen LogP contribution in [0.2, 0.25) is 10.0 Å². The highest BCUT2D eigenvalue weighted by atomic mass is 35.5. The molecule has 0 heterocycles. The van der Waals surface area contributed by atoms with Gasteiger partial charge in [0.05, 0.1) is 10.6 Å². The molecule has 19 heavy (non-hydrogen) atoms. The molecular weight excluding hydrogens is 287 g/mol. The molecule has 2 N–H and O–H groups in total. The number of carbonyl (C=O) groups excluding carboxylic acids is 2. The molecule has 0 unspecified atom stereocenters. The maximum absolute atomic E-state index is 11.8. The lowest BCUT2D eigenvalue weighted by Crippen LogP contribution is -2.41. The molecular formula is C13H16Cl2N2O2. The molecule has 0 saturated carbocycles. The van der Waals surface area contributed by atoms with Crippen LogP contribution in [0.15, 0.2) is 18.2 Å². The second-order valence-electron chi connectivity index (χ2n) is 4.08. The number of benzene rings is 1. The van der Waals surface area contributed by atoms with Gasteiger partial charge in [-0.1, -0.05) is 43.0 Å². The van der Waals surface area contributed by atoms with Crippen LogP contribution >= 0.6 is 23.2 Å². The summed E-state index contributed by atoms with van der Waals surface area (Å²) in [4.78, 5) is 23.2. The predicted molar refractivity (Wildman–Crippen MR) is 76.2 cm³/mol. The Morgan fingerprint density at radius 1 is 1.16 bits per heavy atom. The van der Waals surface area contributed by atoms with Crippen molar-refractivity contribution >= 4 is 35.0 Å². The van der Waals surface area contributed by atoms with Crippen LogP contribution in [0.3, 0.4) is 0 Å². The Labute approximate surface area is 122 Å². The van der Waals surface area contributed by atoms with Crippen LogP contribution in [0.4, 0.5) is 0 Å². The van der Waals surface area contributed by atoms with Crippen molar-refractivity contribution < 1.29 is 9.59 Å². The molecule has 6 heteroatoms. The topological polar surface area (TPSA) is 58.2 Å². The Morgan fingerprint density at radius 3 is 2.53 bits per heavy atom. The van der Waals surface area contributed by atoms with E-state index in [2.05, 4.69) is 17.8 Å². The molecule has 104 valence electrons. The van der Waals surface area contributed by atoms with Crippen LogP contribution in [0.1, 0.15) is 43.0 Å². The first-order chi connectivity index (χ1) is 9.04. The van der Waals surface area contributed by atoms with Gasteiger partial charge >= 0.3 is 0 Å². The highest BCUT2D eigenvalue weighted by Crippen LogP contribution is 2.20. The van der Waals surface area contributed by atoms with E-state index in [1.165, 1.54) is 12.1 Å². The molecule has 0 spiro atoms. The fourth-order valence-electron chi connectivity index (χ4n) is 1.47. The molecule has 0 atom stereocenters. The molecule has 0 fully saturated rings. The number of amides is 2. The lowest BCUT2D eigenvalue weighted by molar-refractivity contribution is -0.121. The maximum Gasteiger partial charge on any atom is 0.271 e. The lowest BCUT2D eigenvalue weighted by atomic mass is 10.2. The van der Waals surface area contributed by atoms with Crippen LogP contribution in [0.5, 0.6) is 0 Å². The molecule has 0 aromatic heterocycles. The normalized spacial score (nSPS) is 10.1. The minimum Gasteiger partial charge on any atom is -0.273 e. The van der Waals surface area contributed by atoms with Gasteiger partial charge in [0.1, 0.15) is 0 Å². The van der Waals surface area contributed by atoms with Gasteiger partial charge in [-0.25, -0.2) is 0 Å². The maximum atomic E-state index is 11.8. The Morgan fingerprint density at radius 2 is 1.89 bits per heavy atom. The number of carbonyl (C=O) groups is 2. The molecule has 0 aliphatic rings. The van der Waals surface area contributed by atoms with E-state index in [1.807, 2.05) is 0 Å². The third-order valence-electron chi connectivity index (χ3n) is 2.50. The molecule has 1 aromatic rings. The van der Waals surface area contributed by atoms with Crippen molar-refractivity contribution in [3.05, 3.63) is 33.8 Å². The summed E-state index contributed by atoms with van der Waals surface area (Å²) in [6, 6.07) is 4.54. The van der Waals surface area contributed by atoms with Gasteiger partial charge in [-0.3, -0.25) is 20.4 Å². The van der Waals surface area contributed by atoms with E-state index in [-0.39, 0.29) is 16.5 Å². The van der Waals surface area contributed by atoms with Crippen molar-refractivity contribution in [2.45, 2.75) is 32.6 Å². The number of rotatable bonds is 5. The summed E-state index contributed by atoms with van der Waals surface area (Å²) in [6.07, 6.45) is 3.23. The summed E-state index contributed by atoms with van der Waals surface area (Å²) in [5.41, 5.74) is 4.94. The summed E-state index contributed by atoms with van der Waals surface area (Å²) >= 11 is 11.6. The molecule has 1 aromatic carbocycles. The van der Waals surface area contributed by atoms with Crippen molar-refractivity contribution in [3.8, 4) is 0 Å². The Kier molecular flexibility index (Phi) is 6.67. The molecule has 2 amide bonds. The van der Waals surface area contributed by atoms with Gasteiger partial charge in [0, 0.05) is 11.4 Å². The zero-order valence-electron chi connectivity index (χ0n) is 10.6. The summed E-state index contributed by atoms with van der Waals surface area (Å²) < 4.78 is 0. The summed E-state index contributed by atoms with van der Waals surface area (Å²) in [5, 5.41) is 0.690. The second-order valence-corrected chi connectivity index (χ2v) is 4.93. The summed E-state index contributed by atoms with van der Waals surface area (Å²) in [7, 11) is 0. The zero-order valence-corrected chi connectivity index (χ0v) is 12.1. The van der Waals surface area contributed by atoms with Gasteiger partial charge in [0.2, 0.25) is 5.91 Å². The first kappa shape index (κ1) is 15.8. The van der Waals surface area contributed by atoms with E-state index in [4.69, 9.17) is 23.2 Å². The van der Waals surface area contributed by atoms with Gasteiger partial charge in [-0.05, 0) is 24.6 Å². The van der Waals surface area contributed by atoms with Crippen LogP contribution in [0.25, 0.3) is 0 Å². The second kappa shape index (κ2) is 8.02. The van der Waals surface area contributed by atoms with Crippen LogP contribution < -0.4 is 10.9 Å². The molecule has 0 bridgehead atoms. The van der Waals surface area contributed by atoms with E-state index in [0.717, 1.165) is 19.3 Å². The van der Waals surface area contributed by atoms with Crippen molar-refractivity contribution in [1.82, 2.24) is 10.9 Å². The first-order valence-corrected chi connectivity index (χ1v) is 6.84. The molecule has 1 rings (SSSR count). The average Bonchev–Trinajstić information content (AvgIpc) is 2.36. The molecule has 0 aliphatic heterocycles. The lowest BCUT2D eigenvalue weighted by Gasteiger charge is -2.08. The smallest absolute Gasteiger partial charge is 0.271 e. The first-order valence-electron chi connectivity index (χ1n) is 6.08. The minimum absolute atomic E-state index is 0.216. The molecule has 0 radical (unpaired) electrons.